The van der Waals surface area contributed by atoms with Gasteiger partial charge >= 0.3 is 0 Å². The number of carbonyl (C=O) groups is 1. The highest BCUT2D eigenvalue weighted by atomic mass is 32.2. The minimum atomic E-state index is -3.58. The van der Waals surface area contributed by atoms with E-state index in [-0.39, 0.29) is 10.8 Å². The van der Waals surface area contributed by atoms with Crippen LogP contribution in [0.15, 0.2) is 59.5 Å². The highest BCUT2D eigenvalue weighted by Gasteiger charge is 2.27. The van der Waals surface area contributed by atoms with Crippen molar-refractivity contribution in [3.63, 3.8) is 0 Å². The molecule has 0 aliphatic carbocycles. The molecule has 0 saturated carbocycles. The van der Waals surface area contributed by atoms with Crippen molar-refractivity contribution in [2.75, 3.05) is 26.2 Å². The van der Waals surface area contributed by atoms with Crippen molar-refractivity contribution in [3.8, 4) is 11.5 Å². The van der Waals surface area contributed by atoms with Crippen LogP contribution in [0.25, 0.3) is 0 Å². The van der Waals surface area contributed by atoms with Crippen molar-refractivity contribution in [3.05, 3.63) is 54.6 Å². The summed E-state index contributed by atoms with van der Waals surface area (Å²) >= 11 is 0. The number of carbonyl (C=O) groups excluding carboxylic acids is 1. The number of benzene rings is 2. The zero-order valence-corrected chi connectivity index (χ0v) is 15.5. The molecule has 2 aromatic carbocycles. The molecule has 0 unspecified atom stereocenters. The average Bonchev–Trinajstić information content (AvgIpc) is 2.90. The van der Waals surface area contributed by atoms with Crippen LogP contribution in [0.2, 0.25) is 0 Å². The summed E-state index contributed by atoms with van der Waals surface area (Å²) < 4.78 is 32.9. The standard InChI is InChI=1S/C19H22N2O4S/c1-16(22)20-12-5-13-21(15-14-20)26(23,24)19-10-8-18(9-11-19)25-17-6-3-2-4-7-17/h2-4,6-11H,5,12-15H2,1H3. The molecule has 7 heteroatoms. The number of para-hydroxylation sites is 1. The van der Waals surface area contributed by atoms with Gasteiger partial charge in [-0.2, -0.15) is 4.31 Å². The lowest BCUT2D eigenvalue weighted by Crippen LogP contribution is -2.36. The van der Waals surface area contributed by atoms with E-state index in [1.54, 1.807) is 29.2 Å². The van der Waals surface area contributed by atoms with Crippen LogP contribution in [0.5, 0.6) is 11.5 Å². The lowest BCUT2D eigenvalue weighted by molar-refractivity contribution is -0.128. The van der Waals surface area contributed by atoms with Crippen LogP contribution in [-0.2, 0) is 14.8 Å². The molecular weight excluding hydrogens is 352 g/mol. The van der Waals surface area contributed by atoms with Crippen LogP contribution in [0.1, 0.15) is 13.3 Å². The second kappa shape index (κ2) is 7.88. The molecule has 0 radical (unpaired) electrons. The van der Waals surface area contributed by atoms with Crippen LogP contribution < -0.4 is 4.74 Å². The van der Waals surface area contributed by atoms with Gasteiger partial charge in [-0.25, -0.2) is 8.42 Å². The van der Waals surface area contributed by atoms with Crippen LogP contribution in [-0.4, -0.2) is 49.7 Å². The van der Waals surface area contributed by atoms with Gasteiger partial charge < -0.3 is 9.64 Å². The van der Waals surface area contributed by atoms with E-state index in [1.165, 1.54) is 11.2 Å². The van der Waals surface area contributed by atoms with Gasteiger partial charge in [-0.1, -0.05) is 18.2 Å². The summed E-state index contributed by atoms with van der Waals surface area (Å²) in [7, 11) is -3.58. The number of hydrogen-bond donors (Lipinski definition) is 0. The third-order valence-electron chi connectivity index (χ3n) is 4.34. The van der Waals surface area contributed by atoms with Crippen molar-refractivity contribution >= 4 is 15.9 Å². The second-order valence-electron chi connectivity index (χ2n) is 6.15. The Hall–Kier alpha value is -2.38. The number of ether oxygens (including phenoxy) is 1. The topological polar surface area (TPSA) is 66.9 Å². The first-order valence-electron chi connectivity index (χ1n) is 8.55. The van der Waals surface area contributed by atoms with Crippen LogP contribution in [0.4, 0.5) is 0 Å². The highest BCUT2D eigenvalue weighted by molar-refractivity contribution is 7.89. The Morgan fingerprint density at radius 1 is 0.885 bits per heavy atom. The van der Waals surface area contributed by atoms with Gasteiger partial charge in [0.25, 0.3) is 0 Å². The molecule has 1 amide bonds. The molecule has 6 nitrogen and oxygen atoms in total. The Labute approximate surface area is 154 Å². The third kappa shape index (κ3) is 4.23. The van der Waals surface area contributed by atoms with Gasteiger partial charge in [0.15, 0.2) is 0 Å². The molecule has 1 fully saturated rings. The van der Waals surface area contributed by atoms with Crippen molar-refractivity contribution in [1.29, 1.82) is 0 Å². The first kappa shape index (κ1) is 18.4. The van der Waals surface area contributed by atoms with E-state index in [0.29, 0.717) is 44.1 Å². The number of sulfonamides is 1. The highest BCUT2D eigenvalue weighted by Crippen LogP contribution is 2.24. The summed E-state index contributed by atoms with van der Waals surface area (Å²) in [6, 6.07) is 15.7. The van der Waals surface area contributed by atoms with Gasteiger partial charge in [-0.05, 0) is 42.8 Å². The second-order valence-corrected chi connectivity index (χ2v) is 8.09. The molecule has 0 spiro atoms. The molecule has 2 aromatic rings. The van der Waals surface area contributed by atoms with Crippen LogP contribution in [0, 0.1) is 0 Å². The lowest BCUT2D eigenvalue weighted by atomic mass is 10.3. The molecule has 0 N–H and O–H groups in total. The molecule has 0 aromatic heterocycles. The van der Waals surface area contributed by atoms with Gasteiger partial charge in [-0.15, -0.1) is 0 Å². The minimum Gasteiger partial charge on any atom is -0.457 e. The normalized spacial score (nSPS) is 16.1. The molecule has 0 bridgehead atoms. The predicted octanol–water partition coefficient (Wildman–Crippen LogP) is 2.72. The van der Waals surface area contributed by atoms with Gasteiger partial charge in [0.1, 0.15) is 11.5 Å². The fourth-order valence-corrected chi connectivity index (χ4v) is 4.37. The quantitative estimate of drug-likeness (QED) is 0.825. The molecule has 3 rings (SSSR count). The maximum Gasteiger partial charge on any atom is 0.243 e. The molecule has 1 saturated heterocycles. The molecule has 1 aliphatic rings. The maximum atomic E-state index is 12.9. The van der Waals surface area contributed by atoms with E-state index in [9.17, 15) is 13.2 Å². The Morgan fingerprint density at radius 2 is 1.54 bits per heavy atom. The summed E-state index contributed by atoms with van der Waals surface area (Å²) in [5.74, 6) is 1.25. The molecule has 1 heterocycles. The lowest BCUT2D eigenvalue weighted by Gasteiger charge is -2.21. The largest absolute Gasteiger partial charge is 0.457 e. The number of hydrogen-bond acceptors (Lipinski definition) is 4. The summed E-state index contributed by atoms with van der Waals surface area (Å²) in [5.41, 5.74) is 0. The summed E-state index contributed by atoms with van der Waals surface area (Å²) in [5, 5.41) is 0. The van der Waals surface area contributed by atoms with E-state index >= 15 is 0 Å². The molecular formula is C19H22N2O4S. The zero-order chi connectivity index (χ0) is 18.6. The van der Waals surface area contributed by atoms with Crippen LogP contribution >= 0.6 is 0 Å². The van der Waals surface area contributed by atoms with Gasteiger partial charge in [0.05, 0.1) is 4.90 Å². The number of nitrogens with zero attached hydrogens (tertiary/aromatic N) is 2. The molecule has 0 atom stereocenters. The van der Waals surface area contributed by atoms with E-state index < -0.39 is 10.0 Å². The summed E-state index contributed by atoms with van der Waals surface area (Å²) in [6.07, 6.45) is 0.633. The molecule has 26 heavy (non-hydrogen) atoms. The van der Waals surface area contributed by atoms with Gasteiger partial charge in [-0.3, -0.25) is 4.79 Å². The number of rotatable bonds is 4. The molecule has 138 valence electrons. The van der Waals surface area contributed by atoms with E-state index in [2.05, 4.69) is 0 Å². The maximum absolute atomic E-state index is 12.9. The number of amides is 1. The van der Waals surface area contributed by atoms with E-state index in [0.717, 1.165) is 0 Å². The Bertz CT molecular complexity index is 851. The first-order chi connectivity index (χ1) is 12.5. The smallest absolute Gasteiger partial charge is 0.243 e. The fourth-order valence-electron chi connectivity index (χ4n) is 2.90. The van der Waals surface area contributed by atoms with Gasteiger partial charge in [0.2, 0.25) is 15.9 Å². The molecule has 1 aliphatic heterocycles. The van der Waals surface area contributed by atoms with Crippen molar-refractivity contribution in [2.45, 2.75) is 18.2 Å². The average molecular weight is 374 g/mol. The third-order valence-corrected chi connectivity index (χ3v) is 6.25. The van der Waals surface area contributed by atoms with Crippen LogP contribution in [0.3, 0.4) is 0 Å². The Morgan fingerprint density at radius 3 is 2.19 bits per heavy atom. The monoisotopic (exact) mass is 374 g/mol. The van der Waals surface area contributed by atoms with Crippen molar-refractivity contribution in [2.24, 2.45) is 0 Å². The Balaban J connectivity index is 1.72. The van der Waals surface area contributed by atoms with E-state index in [1.807, 2.05) is 30.3 Å². The zero-order valence-electron chi connectivity index (χ0n) is 14.7. The predicted molar refractivity (Wildman–Crippen MR) is 98.6 cm³/mol. The van der Waals surface area contributed by atoms with E-state index in [4.69, 9.17) is 4.74 Å². The SMILES string of the molecule is CC(=O)N1CCCN(S(=O)(=O)c2ccc(Oc3ccccc3)cc2)CC1. The van der Waals surface area contributed by atoms with Gasteiger partial charge in [0, 0.05) is 33.1 Å². The Kier molecular flexibility index (Phi) is 5.58. The van der Waals surface area contributed by atoms with Crippen molar-refractivity contribution < 1.29 is 17.9 Å². The fraction of sp³-hybridized carbons (Fsp3) is 0.316. The summed E-state index contributed by atoms with van der Waals surface area (Å²) in [4.78, 5) is 13.4. The first-order valence-corrected chi connectivity index (χ1v) is 9.99. The minimum absolute atomic E-state index is 0.0216. The summed E-state index contributed by atoms with van der Waals surface area (Å²) in [6.45, 7) is 3.24. The van der Waals surface area contributed by atoms with Crippen molar-refractivity contribution in [1.82, 2.24) is 9.21 Å².